The van der Waals surface area contributed by atoms with E-state index in [1.165, 1.54) is 42.4 Å². The van der Waals surface area contributed by atoms with Crippen molar-refractivity contribution in [3.8, 4) is 0 Å². The summed E-state index contributed by atoms with van der Waals surface area (Å²) in [6, 6.07) is 10.8. The fraction of sp³-hybridized carbons (Fsp3) is 0.222. The fourth-order valence-corrected chi connectivity index (χ4v) is 2.74. The highest BCUT2D eigenvalue weighted by Gasteiger charge is 2.14. The van der Waals surface area contributed by atoms with E-state index in [1.54, 1.807) is 5.57 Å². The Morgan fingerprint density at radius 2 is 1.67 bits per heavy atom. The largest absolute Gasteiger partial charge is 0.0842 e. The molecule has 0 nitrogen and oxygen atoms in total. The molecule has 0 heterocycles. The van der Waals surface area contributed by atoms with Gasteiger partial charge in [-0.3, -0.25) is 0 Å². The van der Waals surface area contributed by atoms with Gasteiger partial charge in [-0.2, -0.15) is 0 Å². The molecule has 1 aromatic rings. The third-order valence-electron chi connectivity index (χ3n) is 3.66. The molecule has 3 rings (SSSR count). The van der Waals surface area contributed by atoms with Crippen molar-refractivity contribution in [3.05, 3.63) is 77.4 Å². The Labute approximate surface area is 109 Å². The van der Waals surface area contributed by atoms with Crippen molar-refractivity contribution in [1.29, 1.82) is 0 Å². The Bertz CT molecular complexity index is 539. The molecule has 1 aromatic carbocycles. The van der Waals surface area contributed by atoms with Crippen molar-refractivity contribution in [2.75, 3.05) is 0 Å². The number of rotatable bonds is 2. The lowest BCUT2D eigenvalue weighted by Crippen LogP contribution is -2.00. The van der Waals surface area contributed by atoms with Crippen LogP contribution < -0.4 is 0 Å². The Kier molecular flexibility index (Phi) is 3.27. The predicted molar refractivity (Wildman–Crippen MR) is 78.2 cm³/mol. The highest BCUT2D eigenvalue weighted by molar-refractivity contribution is 5.80. The highest BCUT2D eigenvalue weighted by atomic mass is 14.2. The van der Waals surface area contributed by atoms with Gasteiger partial charge < -0.3 is 0 Å². The second-order valence-electron chi connectivity index (χ2n) is 4.86. The first-order valence-electron chi connectivity index (χ1n) is 6.76. The standard InChI is InChI=1S/C18H18/c1-3-9-15(10-4-1)17-13-7-8-14-18(17)16-11-5-2-6-12-16/h1-5,7,9-11,13H,6,8,12,14H2. The second kappa shape index (κ2) is 5.22. The van der Waals surface area contributed by atoms with Crippen molar-refractivity contribution < 1.29 is 0 Å². The summed E-state index contributed by atoms with van der Waals surface area (Å²) in [4.78, 5) is 0. The molecule has 0 N–H and O–H groups in total. The van der Waals surface area contributed by atoms with Crippen LogP contribution in [0.2, 0.25) is 0 Å². The van der Waals surface area contributed by atoms with E-state index in [9.17, 15) is 0 Å². The average molecular weight is 234 g/mol. The molecule has 0 heteroatoms. The molecule has 90 valence electrons. The van der Waals surface area contributed by atoms with E-state index in [0.717, 1.165) is 0 Å². The van der Waals surface area contributed by atoms with Gasteiger partial charge in [0.25, 0.3) is 0 Å². The molecule has 0 amide bonds. The van der Waals surface area contributed by atoms with E-state index < -0.39 is 0 Å². The zero-order valence-corrected chi connectivity index (χ0v) is 10.6. The third kappa shape index (κ3) is 2.24. The van der Waals surface area contributed by atoms with Gasteiger partial charge in [0.2, 0.25) is 0 Å². The Hall–Kier alpha value is -1.82. The maximum absolute atomic E-state index is 2.30. The maximum atomic E-state index is 2.30. The van der Waals surface area contributed by atoms with Crippen LogP contribution in [0.15, 0.2) is 71.9 Å². The van der Waals surface area contributed by atoms with Crippen LogP contribution >= 0.6 is 0 Å². The van der Waals surface area contributed by atoms with Gasteiger partial charge in [-0.1, -0.05) is 60.7 Å². The van der Waals surface area contributed by atoms with Crippen LogP contribution in [0, 0.1) is 0 Å². The molecule has 2 aliphatic carbocycles. The Morgan fingerprint density at radius 3 is 2.44 bits per heavy atom. The molecule has 18 heavy (non-hydrogen) atoms. The monoisotopic (exact) mass is 234 g/mol. The maximum Gasteiger partial charge on any atom is -0.0152 e. The summed E-state index contributed by atoms with van der Waals surface area (Å²) in [5.41, 5.74) is 5.84. The molecule has 0 spiro atoms. The van der Waals surface area contributed by atoms with E-state index in [2.05, 4.69) is 60.7 Å². The van der Waals surface area contributed by atoms with Gasteiger partial charge in [0.15, 0.2) is 0 Å². The summed E-state index contributed by atoms with van der Waals surface area (Å²) < 4.78 is 0. The lowest BCUT2D eigenvalue weighted by atomic mass is 9.85. The molecule has 0 saturated carbocycles. The summed E-state index contributed by atoms with van der Waals surface area (Å²) in [6.07, 6.45) is 16.1. The van der Waals surface area contributed by atoms with Crippen LogP contribution in [0.25, 0.3) is 5.57 Å². The van der Waals surface area contributed by atoms with Gasteiger partial charge in [0, 0.05) is 0 Å². The van der Waals surface area contributed by atoms with Gasteiger partial charge in [0.05, 0.1) is 0 Å². The molecular weight excluding hydrogens is 216 g/mol. The summed E-state index contributed by atoms with van der Waals surface area (Å²) in [5.74, 6) is 0. The minimum absolute atomic E-state index is 1.17. The number of benzene rings is 1. The first kappa shape index (κ1) is 11.3. The van der Waals surface area contributed by atoms with Gasteiger partial charge in [-0.05, 0) is 48.0 Å². The van der Waals surface area contributed by atoms with Crippen LogP contribution in [0.5, 0.6) is 0 Å². The average Bonchev–Trinajstić information content (AvgIpc) is 2.49. The SMILES string of the molecule is C1=CCCC(C2=C(c3ccccc3)C=CCC2)=C1. The minimum Gasteiger partial charge on any atom is -0.0842 e. The van der Waals surface area contributed by atoms with Crippen LogP contribution in [0.3, 0.4) is 0 Å². The van der Waals surface area contributed by atoms with Crippen LogP contribution in [0.1, 0.15) is 31.2 Å². The Balaban J connectivity index is 2.07. The third-order valence-corrected chi connectivity index (χ3v) is 3.66. The first-order valence-corrected chi connectivity index (χ1v) is 6.76. The molecule has 0 fully saturated rings. The molecule has 0 radical (unpaired) electrons. The van der Waals surface area contributed by atoms with Crippen molar-refractivity contribution >= 4 is 5.57 Å². The lowest BCUT2D eigenvalue weighted by Gasteiger charge is -2.20. The van der Waals surface area contributed by atoms with E-state index in [0.29, 0.717) is 0 Å². The van der Waals surface area contributed by atoms with E-state index >= 15 is 0 Å². The molecule has 0 bridgehead atoms. The molecule has 0 atom stereocenters. The second-order valence-corrected chi connectivity index (χ2v) is 4.86. The smallest absolute Gasteiger partial charge is 0.0152 e. The summed E-state index contributed by atoms with van der Waals surface area (Å²) in [6.45, 7) is 0. The summed E-state index contributed by atoms with van der Waals surface area (Å²) >= 11 is 0. The number of hydrogen-bond donors (Lipinski definition) is 0. The molecule has 2 aliphatic rings. The van der Waals surface area contributed by atoms with Crippen molar-refractivity contribution in [1.82, 2.24) is 0 Å². The van der Waals surface area contributed by atoms with Gasteiger partial charge in [0.1, 0.15) is 0 Å². The molecular formula is C18H18. The van der Waals surface area contributed by atoms with Crippen LogP contribution in [-0.2, 0) is 0 Å². The lowest BCUT2D eigenvalue weighted by molar-refractivity contribution is 0.902. The summed E-state index contributed by atoms with van der Waals surface area (Å²) in [5, 5.41) is 0. The van der Waals surface area contributed by atoms with Gasteiger partial charge >= 0.3 is 0 Å². The zero-order valence-electron chi connectivity index (χ0n) is 10.6. The topological polar surface area (TPSA) is 0 Å². The predicted octanol–water partition coefficient (Wildman–Crippen LogP) is 5.07. The Morgan fingerprint density at radius 1 is 0.833 bits per heavy atom. The molecule has 0 aromatic heterocycles. The van der Waals surface area contributed by atoms with E-state index in [1.807, 2.05) is 0 Å². The van der Waals surface area contributed by atoms with Crippen molar-refractivity contribution in [2.45, 2.75) is 25.7 Å². The van der Waals surface area contributed by atoms with Crippen molar-refractivity contribution in [2.24, 2.45) is 0 Å². The molecule has 0 aliphatic heterocycles. The fourth-order valence-electron chi connectivity index (χ4n) is 2.74. The molecule has 0 unspecified atom stereocenters. The van der Waals surface area contributed by atoms with Gasteiger partial charge in [-0.15, -0.1) is 0 Å². The zero-order chi connectivity index (χ0) is 12.2. The van der Waals surface area contributed by atoms with Crippen LogP contribution in [0.4, 0.5) is 0 Å². The van der Waals surface area contributed by atoms with Crippen molar-refractivity contribution in [3.63, 3.8) is 0 Å². The molecule has 0 saturated heterocycles. The highest BCUT2D eigenvalue weighted by Crippen LogP contribution is 2.34. The minimum atomic E-state index is 1.17. The normalized spacial score (nSPS) is 19.0. The number of hydrogen-bond acceptors (Lipinski definition) is 0. The number of allylic oxidation sites excluding steroid dienone is 8. The van der Waals surface area contributed by atoms with E-state index in [4.69, 9.17) is 0 Å². The quantitative estimate of drug-likeness (QED) is 0.670. The van der Waals surface area contributed by atoms with Gasteiger partial charge in [-0.25, -0.2) is 0 Å². The first-order chi connectivity index (χ1) is 8.95. The summed E-state index contributed by atoms with van der Waals surface area (Å²) in [7, 11) is 0. The van der Waals surface area contributed by atoms with E-state index in [-0.39, 0.29) is 0 Å². The van der Waals surface area contributed by atoms with Crippen LogP contribution in [-0.4, -0.2) is 0 Å².